The summed E-state index contributed by atoms with van der Waals surface area (Å²) in [5.74, 6) is 0.608. The number of H-pyrrole nitrogens is 1. The van der Waals surface area contributed by atoms with E-state index in [0.717, 1.165) is 16.6 Å². The van der Waals surface area contributed by atoms with E-state index in [0.29, 0.717) is 58.3 Å². The van der Waals surface area contributed by atoms with Crippen LogP contribution in [0.5, 0.6) is 0 Å². The van der Waals surface area contributed by atoms with Crippen LogP contribution in [-0.4, -0.2) is 41.6 Å². The molecule has 2 aromatic heterocycles. The average molecular weight is 471 g/mol. The molecule has 2 N–H and O–H groups in total. The minimum Gasteiger partial charge on any atom is -0.381 e. The number of pyridine rings is 1. The predicted molar refractivity (Wildman–Crippen MR) is 127 cm³/mol. The van der Waals surface area contributed by atoms with Crippen LogP contribution in [0.2, 0.25) is 5.02 Å². The number of hydrogen-bond donors (Lipinski definition) is 2. The molecule has 0 bridgehead atoms. The van der Waals surface area contributed by atoms with Gasteiger partial charge in [-0.25, -0.2) is 8.42 Å². The van der Waals surface area contributed by atoms with Crippen molar-refractivity contribution in [3.05, 3.63) is 53.2 Å². The highest BCUT2D eigenvalue weighted by Crippen LogP contribution is 2.38. The molecule has 3 heterocycles. The average Bonchev–Trinajstić information content (AvgIpc) is 3.18. The van der Waals surface area contributed by atoms with E-state index in [1.165, 1.54) is 0 Å². The van der Waals surface area contributed by atoms with Crippen LogP contribution in [0.4, 0.5) is 11.5 Å². The number of anilines is 2. The first kappa shape index (κ1) is 21.2. The predicted octanol–water partition coefficient (Wildman–Crippen LogP) is 5.16. The van der Waals surface area contributed by atoms with Gasteiger partial charge in [-0.2, -0.15) is 5.10 Å². The van der Waals surface area contributed by atoms with Crippen LogP contribution in [0.15, 0.2) is 47.5 Å². The molecule has 166 valence electrons. The number of sulfone groups is 1. The number of ether oxygens (including phenoxy) is 1. The largest absolute Gasteiger partial charge is 0.381 e. The molecule has 1 aliphatic rings. The smallest absolute Gasteiger partial charge is 0.184 e. The second kappa shape index (κ2) is 7.72. The van der Waals surface area contributed by atoms with Gasteiger partial charge in [-0.1, -0.05) is 17.7 Å². The highest BCUT2D eigenvalue weighted by molar-refractivity contribution is 7.92. The van der Waals surface area contributed by atoms with E-state index in [4.69, 9.17) is 16.3 Å². The van der Waals surface area contributed by atoms with Gasteiger partial charge in [0.2, 0.25) is 0 Å². The standard InChI is InChI=1S/C23H23ClN4O3S/c1-14-12-19-16(13-20(14)32(29,30)23(2)7-10-31-11-8-23)18(6-9-25-19)26-22-15-4-3-5-17(24)21(15)27-28-22/h3-6,9,12-13H,7-8,10-11H2,1-2H3,(H2,25,26,27,28). The zero-order valence-electron chi connectivity index (χ0n) is 17.8. The molecule has 0 saturated carbocycles. The van der Waals surface area contributed by atoms with Crippen molar-refractivity contribution in [2.75, 3.05) is 18.5 Å². The number of halogens is 1. The lowest BCUT2D eigenvalue weighted by Gasteiger charge is -2.33. The van der Waals surface area contributed by atoms with Gasteiger partial charge in [0.05, 0.1) is 31.4 Å². The molecular formula is C23H23ClN4O3S. The van der Waals surface area contributed by atoms with Gasteiger partial charge >= 0.3 is 0 Å². The first-order valence-electron chi connectivity index (χ1n) is 10.4. The van der Waals surface area contributed by atoms with Gasteiger partial charge in [-0.15, -0.1) is 0 Å². The molecule has 2 aromatic carbocycles. The molecule has 7 nitrogen and oxygen atoms in total. The maximum absolute atomic E-state index is 13.7. The van der Waals surface area contributed by atoms with Crippen LogP contribution >= 0.6 is 11.6 Å². The number of aryl methyl sites for hydroxylation is 1. The normalized spacial score (nSPS) is 16.5. The summed E-state index contributed by atoms with van der Waals surface area (Å²) in [5.41, 5.74) is 2.85. The number of rotatable bonds is 4. The zero-order chi connectivity index (χ0) is 22.5. The molecule has 0 aliphatic carbocycles. The van der Waals surface area contributed by atoms with E-state index >= 15 is 0 Å². The van der Waals surface area contributed by atoms with E-state index < -0.39 is 14.6 Å². The number of aromatic nitrogens is 3. The van der Waals surface area contributed by atoms with Gasteiger partial charge in [0.25, 0.3) is 0 Å². The summed E-state index contributed by atoms with van der Waals surface area (Å²) in [6.45, 7) is 4.54. The van der Waals surface area contributed by atoms with Crippen LogP contribution in [-0.2, 0) is 14.6 Å². The van der Waals surface area contributed by atoms with Crippen molar-refractivity contribution in [1.82, 2.24) is 15.2 Å². The minimum absolute atomic E-state index is 0.334. The van der Waals surface area contributed by atoms with Crippen LogP contribution in [0, 0.1) is 6.92 Å². The minimum atomic E-state index is -3.58. The monoisotopic (exact) mass is 470 g/mol. The lowest BCUT2D eigenvalue weighted by molar-refractivity contribution is 0.0789. The molecule has 4 aromatic rings. The fraction of sp³-hybridized carbons (Fsp3) is 0.304. The van der Waals surface area contributed by atoms with E-state index in [9.17, 15) is 8.42 Å². The molecule has 1 saturated heterocycles. The summed E-state index contributed by atoms with van der Waals surface area (Å²) >= 11 is 6.26. The SMILES string of the molecule is Cc1cc2nccc(Nc3n[nH]c4c(Cl)cccc34)c2cc1S(=O)(=O)C1(C)CCOCC1. The second-order valence-corrected chi connectivity index (χ2v) is 11.3. The van der Waals surface area contributed by atoms with Crippen molar-refractivity contribution in [3.8, 4) is 0 Å². The lowest BCUT2D eigenvalue weighted by Crippen LogP contribution is -2.41. The van der Waals surface area contributed by atoms with Gasteiger partial charge < -0.3 is 10.1 Å². The molecule has 0 unspecified atom stereocenters. The summed E-state index contributed by atoms with van der Waals surface area (Å²) in [7, 11) is -3.58. The first-order valence-corrected chi connectivity index (χ1v) is 12.3. The summed E-state index contributed by atoms with van der Waals surface area (Å²) < 4.78 is 31.9. The van der Waals surface area contributed by atoms with E-state index in [1.54, 1.807) is 18.3 Å². The molecular weight excluding hydrogens is 448 g/mol. The van der Waals surface area contributed by atoms with E-state index in [1.807, 2.05) is 38.1 Å². The summed E-state index contributed by atoms with van der Waals surface area (Å²) in [6, 6.07) is 11.0. The Labute approximate surface area is 191 Å². The number of nitrogens with one attached hydrogen (secondary N) is 2. The van der Waals surface area contributed by atoms with Crippen LogP contribution in [0.25, 0.3) is 21.8 Å². The van der Waals surface area contributed by atoms with Crippen molar-refractivity contribution < 1.29 is 13.2 Å². The Balaban J connectivity index is 1.63. The van der Waals surface area contributed by atoms with Gasteiger partial charge in [0.1, 0.15) is 0 Å². The van der Waals surface area contributed by atoms with Crippen molar-refractivity contribution in [3.63, 3.8) is 0 Å². The Kier molecular flexibility index (Phi) is 5.11. The number of nitrogens with zero attached hydrogens (tertiary/aromatic N) is 2. The highest BCUT2D eigenvalue weighted by Gasteiger charge is 2.42. The molecule has 0 atom stereocenters. The molecule has 1 aliphatic heterocycles. The maximum Gasteiger partial charge on any atom is 0.184 e. The summed E-state index contributed by atoms with van der Waals surface area (Å²) in [5, 5.41) is 12.8. The van der Waals surface area contributed by atoms with Crippen molar-refractivity contribution in [2.45, 2.75) is 36.3 Å². The number of hydrogen-bond acceptors (Lipinski definition) is 6. The number of benzene rings is 2. The summed E-state index contributed by atoms with van der Waals surface area (Å²) in [6.07, 6.45) is 2.65. The molecule has 5 rings (SSSR count). The quantitative estimate of drug-likeness (QED) is 0.427. The second-order valence-electron chi connectivity index (χ2n) is 8.42. The number of fused-ring (bicyclic) bond motifs is 2. The first-order chi connectivity index (χ1) is 15.3. The highest BCUT2D eigenvalue weighted by atomic mass is 35.5. The van der Waals surface area contributed by atoms with Crippen LogP contribution < -0.4 is 5.32 Å². The Morgan fingerprint density at radius 1 is 1.16 bits per heavy atom. The molecule has 0 amide bonds. The van der Waals surface area contributed by atoms with Crippen molar-refractivity contribution in [2.24, 2.45) is 0 Å². The third kappa shape index (κ3) is 3.34. The molecule has 32 heavy (non-hydrogen) atoms. The lowest BCUT2D eigenvalue weighted by atomic mass is 10.0. The number of aromatic amines is 1. The third-order valence-corrected chi connectivity index (χ3v) is 9.37. The third-order valence-electron chi connectivity index (χ3n) is 6.33. The van der Waals surface area contributed by atoms with Crippen molar-refractivity contribution >= 4 is 54.7 Å². The van der Waals surface area contributed by atoms with Gasteiger partial charge in [0.15, 0.2) is 15.7 Å². The molecule has 0 spiro atoms. The maximum atomic E-state index is 13.7. The molecule has 0 radical (unpaired) electrons. The van der Waals surface area contributed by atoms with Crippen LogP contribution in [0.1, 0.15) is 25.3 Å². The Hall–Kier alpha value is -2.68. The van der Waals surface area contributed by atoms with E-state index in [-0.39, 0.29) is 0 Å². The van der Waals surface area contributed by atoms with E-state index in [2.05, 4.69) is 20.5 Å². The van der Waals surface area contributed by atoms with Gasteiger partial charge in [0, 0.05) is 30.2 Å². The zero-order valence-corrected chi connectivity index (χ0v) is 19.3. The van der Waals surface area contributed by atoms with Crippen LogP contribution in [0.3, 0.4) is 0 Å². The summed E-state index contributed by atoms with van der Waals surface area (Å²) in [4.78, 5) is 4.79. The Morgan fingerprint density at radius 3 is 2.72 bits per heavy atom. The fourth-order valence-electron chi connectivity index (χ4n) is 4.24. The fourth-order valence-corrected chi connectivity index (χ4v) is 6.45. The van der Waals surface area contributed by atoms with Gasteiger partial charge in [-0.05, 0) is 62.6 Å². The Bertz CT molecular complexity index is 1440. The molecule has 9 heteroatoms. The Morgan fingerprint density at radius 2 is 1.94 bits per heavy atom. The van der Waals surface area contributed by atoms with Gasteiger partial charge in [-0.3, -0.25) is 10.1 Å². The van der Waals surface area contributed by atoms with Crippen molar-refractivity contribution in [1.29, 1.82) is 0 Å². The molecule has 1 fully saturated rings. The topological polar surface area (TPSA) is 97.0 Å². The number of para-hydroxylation sites is 1.